The number of methoxy groups -OCH3 is 1. The smallest absolute Gasteiger partial charge is 0.244 e. The second-order valence-electron chi connectivity index (χ2n) is 7.16. The fourth-order valence-corrected chi connectivity index (χ4v) is 4.53. The summed E-state index contributed by atoms with van der Waals surface area (Å²) in [5, 5.41) is 2.59. The predicted octanol–water partition coefficient (Wildman–Crippen LogP) is 2.78. The van der Waals surface area contributed by atoms with Crippen molar-refractivity contribution in [1.29, 1.82) is 0 Å². The second kappa shape index (κ2) is 11.3. The van der Waals surface area contributed by atoms with Crippen LogP contribution in [0.25, 0.3) is 0 Å². The molecule has 0 saturated carbocycles. The van der Waals surface area contributed by atoms with Gasteiger partial charge in [-0.05, 0) is 42.3 Å². The molecular weight excluding hydrogens is 498 g/mol. The van der Waals surface area contributed by atoms with Gasteiger partial charge in [0.2, 0.25) is 21.8 Å². The molecule has 0 aliphatic carbocycles. The SMILES string of the molecule is CC[C@H](C(=O)NC)N(Cc1cccc(OC)c1)C(=O)CN(c1cccc(Br)c1)S(C)(=O)=O. The molecule has 0 radical (unpaired) electrons. The number of carbonyl (C=O) groups is 2. The maximum atomic E-state index is 13.4. The summed E-state index contributed by atoms with van der Waals surface area (Å²) in [5.41, 5.74) is 1.11. The molecule has 0 bridgehead atoms. The summed E-state index contributed by atoms with van der Waals surface area (Å²) < 4.78 is 32.0. The second-order valence-corrected chi connectivity index (χ2v) is 9.98. The zero-order valence-corrected chi connectivity index (χ0v) is 20.9. The van der Waals surface area contributed by atoms with Gasteiger partial charge in [-0.2, -0.15) is 0 Å². The minimum atomic E-state index is -3.76. The molecule has 0 aliphatic heterocycles. The molecule has 0 fully saturated rings. The highest BCUT2D eigenvalue weighted by Gasteiger charge is 2.31. The van der Waals surface area contributed by atoms with E-state index in [1.807, 2.05) is 6.07 Å². The van der Waals surface area contributed by atoms with Gasteiger partial charge in [0.15, 0.2) is 0 Å². The summed E-state index contributed by atoms with van der Waals surface area (Å²) >= 11 is 3.33. The van der Waals surface area contributed by atoms with Crippen LogP contribution in [0.15, 0.2) is 53.0 Å². The Morgan fingerprint density at radius 3 is 2.41 bits per heavy atom. The lowest BCUT2D eigenvalue weighted by atomic mass is 10.1. The summed E-state index contributed by atoms with van der Waals surface area (Å²) in [6.07, 6.45) is 1.41. The third-order valence-electron chi connectivity index (χ3n) is 4.89. The summed E-state index contributed by atoms with van der Waals surface area (Å²) in [7, 11) is -0.712. The maximum absolute atomic E-state index is 13.4. The van der Waals surface area contributed by atoms with Gasteiger partial charge in [0.05, 0.1) is 19.1 Å². The molecule has 10 heteroatoms. The minimum absolute atomic E-state index is 0.123. The largest absolute Gasteiger partial charge is 0.497 e. The number of amides is 2. The molecular formula is C22H28BrN3O5S. The van der Waals surface area contributed by atoms with Crippen molar-refractivity contribution >= 4 is 43.5 Å². The van der Waals surface area contributed by atoms with Crippen LogP contribution in [0, 0.1) is 0 Å². The molecule has 2 amide bonds. The van der Waals surface area contributed by atoms with Crippen LogP contribution in [0.4, 0.5) is 5.69 Å². The fourth-order valence-electron chi connectivity index (χ4n) is 3.30. The monoisotopic (exact) mass is 525 g/mol. The lowest BCUT2D eigenvalue weighted by Gasteiger charge is -2.32. The zero-order valence-electron chi connectivity index (χ0n) is 18.5. The van der Waals surface area contributed by atoms with E-state index in [-0.39, 0.29) is 12.5 Å². The summed E-state index contributed by atoms with van der Waals surface area (Å²) in [6, 6.07) is 13.1. The Morgan fingerprint density at radius 1 is 1.16 bits per heavy atom. The molecule has 32 heavy (non-hydrogen) atoms. The summed E-state index contributed by atoms with van der Waals surface area (Å²) in [4.78, 5) is 27.4. The van der Waals surface area contributed by atoms with Crippen LogP contribution in [0.3, 0.4) is 0 Å². The van der Waals surface area contributed by atoms with Gasteiger partial charge < -0.3 is 15.0 Å². The first-order valence-electron chi connectivity index (χ1n) is 9.98. The highest BCUT2D eigenvalue weighted by atomic mass is 79.9. The van der Waals surface area contributed by atoms with Crippen molar-refractivity contribution < 1.29 is 22.7 Å². The lowest BCUT2D eigenvalue weighted by molar-refractivity contribution is -0.140. The number of nitrogens with one attached hydrogen (secondary N) is 1. The molecule has 1 N–H and O–H groups in total. The molecule has 8 nitrogen and oxygen atoms in total. The molecule has 0 aliphatic rings. The van der Waals surface area contributed by atoms with Crippen LogP contribution in [-0.4, -0.2) is 58.1 Å². The first kappa shape index (κ1) is 25.7. The standard InChI is InChI=1S/C22H28BrN3O5S/c1-5-20(22(28)24-2)25(14-16-8-6-11-19(12-16)31-3)21(27)15-26(32(4,29)30)18-10-7-9-17(23)13-18/h6-13,20H,5,14-15H2,1-4H3,(H,24,28)/t20-/m1/s1. The molecule has 0 unspecified atom stereocenters. The molecule has 2 aromatic rings. The Hall–Kier alpha value is -2.59. The topological polar surface area (TPSA) is 96.0 Å². The molecule has 2 aromatic carbocycles. The molecule has 0 saturated heterocycles. The average molecular weight is 526 g/mol. The van der Waals surface area contributed by atoms with Crippen LogP contribution in [0.2, 0.25) is 0 Å². The summed E-state index contributed by atoms with van der Waals surface area (Å²) in [6.45, 7) is 1.49. The van der Waals surface area contributed by atoms with Gasteiger partial charge in [-0.25, -0.2) is 8.42 Å². The molecule has 0 aromatic heterocycles. The number of hydrogen-bond acceptors (Lipinski definition) is 5. The zero-order chi connectivity index (χ0) is 23.9. The minimum Gasteiger partial charge on any atom is -0.497 e. The number of nitrogens with zero attached hydrogens (tertiary/aromatic N) is 2. The average Bonchev–Trinajstić information content (AvgIpc) is 2.76. The highest BCUT2D eigenvalue weighted by Crippen LogP contribution is 2.23. The van der Waals surface area contributed by atoms with E-state index in [9.17, 15) is 18.0 Å². The highest BCUT2D eigenvalue weighted by molar-refractivity contribution is 9.10. The first-order chi connectivity index (χ1) is 15.1. The first-order valence-corrected chi connectivity index (χ1v) is 12.6. The Morgan fingerprint density at radius 2 is 1.84 bits per heavy atom. The van der Waals surface area contributed by atoms with Gasteiger partial charge >= 0.3 is 0 Å². The van der Waals surface area contributed by atoms with E-state index in [1.165, 1.54) is 11.9 Å². The molecule has 0 heterocycles. The van der Waals surface area contributed by atoms with Crippen molar-refractivity contribution in [2.45, 2.75) is 25.9 Å². The van der Waals surface area contributed by atoms with Gasteiger partial charge in [0.25, 0.3) is 0 Å². The molecule has 174 valence electrons. The number of sulfonamides is 1. The van der Waals surface area contributed by atoms with Crippen molar-refractivity contribution in [2.75, 3.05) is 31.3 Å². The third-order valence-corrected chi connectivity index (χ3v) is 6.53. The van der Waals surface area contributed by atoms with E-state index in [0.717, 1.165) is 16.1 Å². The number of rotatable bonds is 10. The van der Waals surface area contributed by atoms with E-state index in [4.69, 9.17) is 4.74 Å². The van der Waals surface area contributed by atoms with E-state index in [2.05, 4.69) is 21.2 Å². The van der Waals surface area contributed by atoms with Crippen molar-refractivity contribution in [3.8, 4) is 5.75 Å². The number of anilines is 1. The lowest BCUT2D eigenvalue weighted by Crippen LogP contribution is -2.51. The van der Waals surface area contributed by atoms with Crippen molar-refractivity contribution in [3.05, 3.63) is 58.6 Å². The number of likely N-dealkylation sites (N-methyl/N-ethyl adjacent to an activating group) is 1. The van der Waals surface area contributed by atoms with E-state index in [1.54, 1.807) is 56.5 Å². The van der Waals surface area contributed by atoms with Gasteiger partial charge in [-0.3, -0.25) is 13.9 Å². The van der Waals surface area contributed by atoms with Crippen molar-refractivity contribution in [1.82, 2.24) is 10.2 Å². The van der Waals surface area contributed by atoms with Crippen LogP contribution >= 0.6 is 15.9 Å². The Labute approximate surface area is 197 Å². The van der Waals surface area contributed by atoms with E-state index in [0.29, 0.717) is 22.3 Å². The number of halogens is 1. The quantitative estimate of drug-likeness (QED) is 0.514. The van der Waals surface area contributed by atoms with Crippen LogP contribution in [-0.2, 0) is 26.2 Å². The molecule has 2 rings (SSSR count). The Bertz CT molecular complexity index is 1060. The van der Waals surface area contributed by atoms with Crippen LogP contribution < -0.4 is 14.4 Å². The van der Waals surface area contributed by atoms with E-state index >= 15 is 0 Å². The number of carbonyl (C=O) groups excluding carboxylic acids is 2. The van der Waals surface area contributed by atoms with Crippen LogP contribution in [0.5, 0.6) is 5.75 Å². The normalized spacial score (nSPS) is 12.0. The fraction of sp³-hybridized carbons (Fsp3) is 0.364. The van der Waals surface area contributed by atoms with Gasteiger partial charge in [-0.1, -0.05) is 41.1 Å². The summed E-state index contributed by atoms with van der Waals surface area (Å²) in [5.74, 6) is -0.194. The number of hydrogen-bond donors (Lipinski definition) is 1. The Balaban J connectivity index is 2.43. The molecule has 1 atom stereocenters. The molecule has 0 spiro atoms. The van der Waals surface area contributed by atoms with E-state index < -0.39 is 28.5 Å². The van der Waals surface area contributed by atoms with Crippen molar-refractivity contribution in [3.63, 3.8) is 0 Å². The van der Waals surface area contributed by atoms with Gasteiger partial charge in [0.1, 0.15) is 18.3 Å². The van der Waals surface area contributed by atoms with Gasteiger partial charge in [0, 0.05) is 18.1 Å². The predicted molar refractivity (Wildman–Crippen MR) is 128 cm³/mol. The van der Waals surface area contributed by atoms with Gasteiger partial charge in [-0.15, -0.1) is 0 Å². The van der Waals surface area contributed by atoms with Crippen LogP contribution in [0.1, 0.15) is 18.9 Å². The number of benzene rings is 2. The third kappa shape index (κ3) is 6.70. The van der Waals surface area contributed by atoms with Crippen molar-refractivity contribution in [2.24, 2.45) is 0 Å². The maximum Gasteiger partial charge on any atom is 0.244 e. The number of ether oxygens (including phenoxy) is 1. The Kier molecular flexibility index (Phi) is 9.09.